The molecular formula is C21H15F3N4O2. The number of halogens is 3. The maximum atomic E-state index is 13.0. The van der Waals surface area contributed by atoms with Crippen LogP contribution in [-0.4, -0.2) is 27.5 Å². The summed E-state index contributed by atoms with van der Waals surface area (Å²) < 4.78 is 44.2. The lowest BCUT2D eigenvalue weighted by Gasteiger charge is -2.21. The van der Waals surface area contributed by atoms with Gasteiger partial charge in [0.15, 0.2) is 0 Å². The van der Waals surface area contributed by atoms with Crippen molar-refractivity contribution in [1.82, 2.24) is 15.0 Å². The summed E-state index contributed by atoms with van der Waals surface area (Å²) in [6.45, 7) is 0.491. The van der Waals surface area contributed by atoms with E-state index in [9.17, 15) is 18.0 Å². The normalized spacial score (nSPS) is 16.5. The lowest BCUT2D eigenvalue weighted by Crippen LogP contribution is -2.30. The van der Waals surface area contributed by atoms with E-state index in [1.807, 2.05) is 6.07 Å². The monoisotopic (exact) mass is 412 g/mol. The van der Waals surface area contributed by atoms with E-state index in [1.54, 1.807) is 29.2 Å². The van der Waals surface area contributed by atoms with Crippen molar-refractivity contribution in [1.29, 1.82) is 5.26 Å². The van der Waals surface area contributed by atoms with Gasteiger partial charge in [0.2, 0.25) is 11.7 Å². The maximum Gasteiger partial charge on any atom is 0.416 e. The molecule has 2 aromatic carbocycles. The Balaban J connectivity index is 1.58. The van der Waals surface area contributed by atoms with Crippen molar-refractivity contribution < 1.29 is 22.5 Å². The molecule has 0 bridgehead atoms. The zero-order chi connectivity index (χ0) is 21.3. The smallest absolute Gasteiger partial charge is 0.337 e. The number of amides is 1. The van der Waals surface area contributed by atoms with E-state index in [0.29, 0.717) is 24.1 Å². The van der Waals surface area contributed by atoms with E-state index in [4.69, 9.17) is 9.78 Å². The molecule has 30 heavy (non-hydrogen) atoms. The van der Waals surface area contributed by atoms with Crippen LogP contribution < -0.4 is 0 Å². The number of hydrogen-bond donors (Lipinski definition) is 0. The molecule has 6 nitrogen and oxygen atoms in total. The fraction of sp³-hybridized carbons (Fsp3) is 0.238. The molecule has 1 aliphatic heterocycles. The van der Waals surface area contributed by atoms with Gasteiger partial charge in [-0.25, -0.2) is 0 Å². The molecule has 0 aliphatic carbocycles. The highest BCUT2D eigenvalue weighted by Crippen LogP contribution is 2.35. The van der Waals surface area contributed by atoms with Crippen LogP contribution in [0.5, 0.6) is 0 Å². The minimum Gasteiger partial charge on any atom is -0.337 e. The Bertz CT molecular complexity index is 1120. The molecule has 0 N–H and O–H groups in total. The van der Waals surface area contributed by atoms with Crippen LogP contribution in [0.3, 0.4) is 0 Å². The molecule has 1 aromatic heterocycles. The van der Waals surface area contributed by atoms with Gasteiger partial charge in [-0.15, -0.1) is 0 Å². The lowest BCUT2D eigenvalue weighted by molar-refractivity contribution is -0.137. The van der Waals surface area contributed by atoms with E-state index in [1.165, 1.54) is 12.1 Å². The van der Waals surface area contributed by atoms with Crippen LogP contribution in [0.25, 0.3) is 11.4 Å². The van der Waals surface area contributed by atoms with Gasteiger partial charge in [0, 0.05) is 17.7 Å². The lowest BCUT2D eigenvalue weighted by atomic mass is 10.1. The summed E-state index contributed by atoms with van der Waals surface area (Å²) in [7, 11) is 0. The first kappa shape index (κ1) is 19.6. The number of alkyl halides is 3. The van der Waals surface area contributed by atoms with Gasteiger partial charge in [-0.3, -0.25) is 4.79 Å². The van der Waals surface area contributed by atoms with Gasteiger partial charge in [-0.05, 0) is 49.2 Å². The van der Waals surface area contributed by atoms with E-state index < -0.39 is 17.8 Å². The van der Waals surface area contributed by atoms with Gasteiger partial charge >= 0.3 is 6.18 Å². The van der Waals surface area contributed by atoms with Crippen molar-refractivity contribution >= 4 is 5.91 Å². The predicted octanol–water partition coefficient (Wildman–Crippen LogP) is 4.60. The quantitative estimate of drug-likeness (QED) is 0.628. The molecule has 1 fully saturated rings. The van der Waals surface area contributed by atoms with Gasteiger partial charge in [-0.2, -0.15) is 23.4 Å². The second kappa shape index (κ2) is 7.63. The van der Waals surface area contributed by atoms with Crippen molar-refractivity contribution in [3.63, 3.8) is 0 Å². The van der Waals surface area contributed by atoms with Crippen molar-refractivity contribution in [2.75, 3.05) is 6.54 Å². The van der Waals surface area contributed by atoms with Crippen LogP contribution in [0.1, 0.15) is 46.3 Å². The Kier molecular flexibility index (Phi) is 4.99. The number of nitrogens with zero attached hydrogens (tertiary/aromatic N) is 4. The van der Waals surface area contributed by atoms with E-state index in [2.05, 4.69) is 10.1 Å². The fourth-order valence-corrected chi connectivity index (χ4v) is 3.44. The Morgan fingerprint density at radius 1 is 1.20 bits per heavy atom. The third-order valence-electron chi connectivity index (χ3n) is 4.95. The average Bonchev–Trinajstić information content (AvgIpc) is 3.42. The summed E-state index contributed by atoms with van der Waals surface area (Å²) in [6.07, 6.45) is -3.14. The predicted molar refractivity (Wildman–Crippen MR) is 98.9 cm³/mol. The largest absolute Gasteiger partial charge is 0.416 e. The average molecular weight is 412 g/mol. The Morgan fingerprint density at radius 2 is 1.97 bits per heavy atom. The molecule has 4 rings (SSSR count). The number of nitriles is 1. The van der Waals surface area contributed by atoms with Crippen molar-refractivity contribution in [3.8, 4) is 17.5 Å². The number of carbonyl (C=O) groups is 1. The van der Waals surface area contributed by atoms with Crippen molar-refractivity contribution in [2.45, 2.75) is 25.1 Å². The van der Waals surface area contributed by atoms with Crippen LogP contribution in [0.15, 0.2) is 53.1 Å². The van der Waals surface area contributed by atoms with E-state index in [-0.39, 0.29) is 23.2 Å². The first-order valence-corrected chi connectivity index (χ1v) is 9.19. The van der Waals surface area contributed by atoms with Crippen LogP contribution >= 0.6 is 0 Å². The molecule has 1 amide bonds. The number of benzene rings is 2. The van der Waals surface area contributed by atoms with Crippen molar-refractivity contribution in [3.05, 3.63) is 71.1 Å². The topological polar surface area (TPSA) is 83.0 Å². The van der Waals surface area contributed by atoms with Crippen molar-refractivity contribution in [2.24, 2.45) is 0 Å². The molecule has 3 aromatic rings. The van der Waals surface area contributed by atoms with Gasteiger partial charge in [0.25, 0.3) is 5.91 Å². The van der Waals surface area contributed by atoms with Gasteiger partial charge in [-0.1, -0.05) is 17.3 Å². The molecule has 0 spiro atoms. The number of carbonyl (C=O) groups excluding carboxylic acids is 1. The number of aromatic nitrogens is 2. The molecule has 2 heterocycles. The first-order valence-electron chi connectivity index (χ1n) is 9.19. The number of likely N-dealkylation sites (tertiary alicyclic amines) is 1. The molecule has 1 atom stereocenters. The fourth-order valence-electron chi connectivity index (χ4n) is 3.44. The highest BCUT2D eigenvalue weighted by atomic mass is 19.4. The molecule has 0 radical (unpaired) electrons. The van der Waals surface area contributed by atoms with Crippen LogP contribution in [0, 0.1) is 11.3 Å². The summed E-state index contributed by atoms with van der Waals surface area (Å²) in [5, 5.41) is 12.7. The summed E-state index contributed by atoms with van der Waals surface area (Å²) in [5.74, 6) is -0.0171. The molecule has 1 saturated heterocycles. The Hall–Kier alpha value is -3.67. The highest BCUT2D eigenvalue weighted by molar-refractivity contribution is 5.94. The molecule has 0 saturated carbocycles. The Labute approximate surface area is 169 Å². The zero-order valence-corrected chi connectivity index (χ0v) is 15.6. The second-order valence-corrected chi connectivity index (χ2v) is 6.88. The minimum atomic E-state index is -4.47. The third-order valence-corrected chi connectivity index (χ3v) is 4.95. The standard InChI is InChI=1S/C21H15F3N4O2/c22-21(23,24)16-4-1-3-15(11-16)18-26-19(30-27-18)17-5-2-10-28(17)20(29)14-8-6-13(12-25)7-9-14/h1,3-4,6-9,11,17H,2,5,10H2/t17-/m0/s1. The molecule has 0 unspecified atom stereocenters. The number of rotatable bonds is 3. The summed E-state index contributed by atoms with van der Waals surface area (Å²) in [5.41, 5.74) is 0.262. The first-order chi connectivity index (χ1) is 14.4. The maximum absolute atomic E-state index is 13.0. The molecule has 152 valence electrons. The summed E-state index contributed by atoms with van der Waals surface area (Å²) in [6, 6.07) is 12.5. The van der Waals surface area contributed by atoms with Crippen LogP contribution in [0.4, 0.5) is 13.2 Å². The minimum absolute atomic E-state index is 0.0359. The van der Waals surface area contributed by atoms with Gasteiger partial charge in [0.1, 0.15) is 6.04 Å². The second-order valence-electron chi connectivity index (χ2n) is 6.88. The number of hydrogen-bond acceptors (Lipinski definition) is 5. The summed E-state index contributed by atoms with van der Waals surface area (Å²) in [4.78, 5) is 18.7. The highest BCUT2D eigenvalue weighted by Gasteiger charge is 2.35. The van der Waals surface area contributed by atoms with Crippen LogP contribution in [0.2, 0.25) is 0 Å². The molecule has 9 heteroatoms. The van der Waals surface area contributed by atoms with E-state index in [0.717, 1.165) is 18.6 Å². The van der Waals surface area contributed by atoms with Crippen LogP contribution in [-0.2, 0) is 6.18 Å². The summed E-state index contributed by atoms with van der Waals surface area (Å²) >= 11 is 0. The van der Waals surface area contributed by atoms with Gasteiger partial charge in [0.05, 0.1) is 17.2 Å². The van der Waals surface area contributed by atoms with Gasteiger partial charge < -0.3 is 9.42 Å². The molecule has 1 aliphatic rings. The molecular weight excluding hydrogens is 397 g/mol. The zero-order valence-electron chi connectivity index (χ0n) is 15.6. The third kappa shape index (κ3) is 3.76. The SMILES string of the molecule is N#Cc1ccc(C(=O)N2CCC[C@H]2c2nc(-c3cccc(C(F)(F)F)c3)no2)cc1. The Morgan fingerprint density at radius 3 is 2.67 bits per heavy atom. The van der Waals surface area contributed by atoms with E-state index >= 15 is 0 Å².